The fraction of sp³-hybridized carbons (Fsp3) is 0.333. The van der Waals surface area contributed by atoms with Gasteiger partial charge in [0.15, 0.2) is 5.76 Å². The minimum absolute atomic E-state index is 0.414. The third-order valence-corrected chi connectivity index (χ3v) is 3.88. The third kappa shape index (κ3) is 3.09. The molecule has 1 atom stereocenters. The zero-order valence-electron chi connectivity index (χ0n) is 11.3. The lowest BCUT2D eigenvalue weighted by molar-refractivity contribution is -0.142. The standard InChI is InChI=1S/C15H15ClN2O3/c16-11-4-1-3-10(7-11)13-8-17-14(21-13)9-18-6-2-5-12(18)15(19)20/h1,3-4,7-8,12H,2,5-6,9H2,(H,19,20). The van der Waals surface area contributed by atoms with Crippen molar-refractivity contribution >= 4 is 17.6 Å². The van der Waals surface area contributed by atoms with Crippen LogP contribution in [0.25, 0.3) is 11.3 Å². The predicted molar refractivity (Wildman–Crippen MR) is 78.0 cm³/mol. The molecular weight excluding hydrogens is 292 g/mol. The summed E-state index contributed by atoms with van der Waals surface area (Å²) in [6.07, 6.45) is 3.21. The van der Waals surface area contributed by atoms with Crippen molar-refractivity contribution in [2.75, 3.05) is 6.54 Å². The third-order valence-electron chi connectivity index (χ3n) is 3.65. The maximum atomic E-state index is 11.2. The Labute approximate surface area is 127 Å². The minimum Gasteiger partial charge on any atom is -0.480 e. The van der Waals surface area contributed by atoms with Crippen molar-refractivity contribution in [2.24, 2.45) is 0 Å². The first-order valence-corrected chi connectivity index (χ1v) is 7.19. The molecule has 0 saturated carbocycles. The maximum Gasteiger partial charge on any atom is 0.320 e. The van der Waals surface area contributed by atoms with Gasteiger partial charge in [-0.3, -0.25) is 9.69 Å². The Balaban J connectivity index is 1.75. The smallest absolute Gasteiger partial charge is 0.320 e. The summed E-state index contributed by atoms with van der Waals surface area (Å²) in [6, 6.07) is 6.91. The van der Waals surface area contributed by atoms with Gasteiger partial charge in [0, 0.05) is 10.6 Å². The normalized spacial score (nSPS) is 19.0. The Morgan fingerprint density at radius 3 is 3.14 bits per heavy atom. The minimum atomic E-state index is -0.783. The Bertz CT molecular complexity index is 656. The number of halogens is 1. The monoisotopic (exact) mass is 306 g/mol. The number of carbonyl (C=O) groups is 1. The average Bonchev–Trinajstić information content (AvgIpc) is 3.08. The molecule has 0 amide bonds. The second-order valence-corrected chi connectivity index (χ2v) is 5.53. The Morgan fingerprint density at radius 1 is 1.52 bits per heavy atom. The van der Waals surface area contributed by atoms with E-state index < -0.39 is 12.0 Å². The number of hydrogen-bond acceptors (Lipinski definition) is 4. The van der Waals surface area contributed by atoms with Crippen LogP contribution in [0.5, 0.6) is 0 Å². The molecule has 1 aromatic heterocycles. The summed E-state index contributed by atoms with van der Waals surface area (Å²) >= 11 is 5.96. The number of hydrogen-bond donors (Lipinski definition) is 1. The maximum absolute atomic E-state index is 11.2. The molecule has 1 N–H and O–H groups in total. The van der Waals surface area contributed by atoms with E-state index in [4.69, 9.17) is 21.1 Å². The molecule has 1 unspecified atom stereocenters. The van der Waals surface area contributed by atoms with Crippen LogP contribution in [-0.4, -0.2) is 33.5 Å². The van der Waals surface area contributed by atoms with Crippen molar-refractivity contribution in [3.63, 3.8) is 0 Å². The van der Waals surface area contributed by atoms with Gasteiger partial charge in [0.1, 0.15) is 6.04 Å². The van der Waals surface area contributed by atoms with Crippen molar-refractivity contribution in [3.05, 3.63) is 41.4 Å². The molecule has 1 fully saturated rings. The SMILES string of the molecule is O=C(O)C1CCCN1Cc1ncc(-c2cccc(Cl)c2)o1. The summed E-state index contributed by atoms with van der Waals surface area (Å²) in [5.41, 5.74) is 0.859. The van der Waals surface area contributed by atoms with E-state index in [-0.39, 0.29) is 0 Å². The number of carboxylic acid groups (broad SMARTS) is 1. The topological polar surface area (TPSA) is 66.6 Å². The van der Waals surface area contributed by atoms with Crippen molar-refractivity contribution in [1.29, 1.82) is 0 Å². The fourth-order valence-corrected chi connectivity index (χ4v) is 2.82. The van der Waals surface area contributed by atoms with Gasteiger partial charge in [-0.25, -0.2) is 4.98 Å². The van der Waals surface area contributed by atoms with Gasteiger partial charge in [-0.05, 0) is 31.5 Å². The molecule has 6 heteroatoms. The van der Waals surface area contributed by atoms with Crippen molar-refractivity contribution in [1.82, 2.24) is 9.88 Å². The van der Waals surface area contributed by atoms with Gasteiger partial charge in [-0.1, -0.05) is 23.7 Å². The highest BCUT2D eigenvalue weighted by Gasteiger charge is 2.31. The van der Waals surface area contributed by atoms with E-state index in [9.17, 15) is 4.79 Å². The fourth-order valence-electron chi connectivity index (χ4n) is 2.63. The molecule has 0 radical (unpaired) electrons. The largest absolute Gasteiger partial charge is 0.480 e. The van der Waals surface area contributed by atoms with E-state index in [1.165, 1.54) is 0 Å². The Kier molecular flexibility index (Phi) is 3.94. The van der Waals surface area contributed by atoms with Gasteiger partial charge in [-0.15, -0.1) is 0 Å². The summed E-state index contributed by atoms with van der Waals surface area (Å²) in [5.74, 6) is 0.380. The first kappa shape index (κ1) is 14.1. The molecule has 1 saturated heterocycles. The molecule has 2 heterocycles. The molecule has 1 aliphatic heterocycles. The first-order chi connectivity index (χ1) is 10.1. The van der Waals surface area contributed by atoms with Crippen molar-refractivity contribution in [3.8, 4) is 11.3 Å². The second-order valence-electron chi connectivity index (χ2n) is 5.10. The van der Waals surface area contributed by atoms with Crippen LogP contribution in [0.4, 0.5) is 0 Å². The summed E-state index contributed by atoms with van der Waals surface area (Å²) in [7, 11) is 0. The van der Waals surface area contributed by atoms with Crippen LogP contribution in [0.15, 0.2) is 34.9 Å². The van der Waals surface area contributed by atoms with E-state index in [1.807, 2.05) is 23.1 Å². The first-order valence-electron chi connectivity index (χ1n) is 6.81. The quantitative estimate of drug-likeness (QED) is 0.940. The molecule has 3 rings (SSSR count). The predicted octanol–water partition coefficient (Wildman–Crippen LogP) is 3.04. The van der Waals surface area contributed by atoms with E-state index in [0.29, 0.717) is 29.6 Å². The summed E-state index contributed by atoms with van der Waals surface area (Å²) in [4.78, 5) is 17.3. The highest BCUT2D eigenvalue weighted by molar-refractivity contribution is 6.30. The average molecular weight is 307 g/mol. The van der Waals surface area contributed by atoms with Crippen molar-refractivity contribution < 1.29 is 14.3 Å². The lowest BCUT2D eigenvalue weighted by Crippen LogP contribution is -2.35. The Morgan fingerprint density at radius 2 is 2.38 bits per heavy atom. The van der Waals surface area contributed by atoms with Crippen LogP contribution < -0.4 is 0 Å². The molecule has 21 heavy (non-hydrogen) atoms. The highest BCUT2D eigenvalue weighted by Crippen LogP contribution is 2.25. The zero-order valence-corrected chi connectivity index (χ0v) is 12.1. The van der Waals surface area contributed by atoms with Gasteiger partial charge >= 0.3 is 5.97 Å². The highest BCUT2D eigenvalue weighted by atomic mass is 35.5. The molecule has 2 aromatic rings. The molecule has 1 aromatic carbocycles. The van der Waals surface area contributed by atoms with Crippen LogP contribution in [0.3, 0.4) is 0 Å². The number of benzene rings is 1. The Hall–Kier alpha value is -1.85. The van der Waals surface area contributed by atoms with Crippen LogP contribution >= 0.6 is 11.6 Å². The molecule has 0 bridgehead atoms. The van der Waals surface area contributed by atoms with Gasteiger partial charge in [0.25, 0.3) is 0 Å². The lowest BCUT2D eigenvalue weighted by atomic mass is 10.2. The van der Waals surface area contributed by atoms with Gasteiger partial charge < -0.3 is 9.52 Å². The number of rotatable bonds is 4. The molecule has 110 valence electrons. The number of oxazole rings is 1. The van der Waals surface area contributed by atoms with Crippen LogP contribution in [0.2, 0.25) is 5.02 Å². The van der Waals surface area contributed by atoms with E-state index >= 15 is 0 Å². The summed E-state index contributed by atoms with van der Waals surface area (Å²) < 4.78 is 5.71. The van der Waals surface area contributed by atoms with Crippen molar-refractivity contribution in [2.45, 2.75) is 25.4 Å². The van der Waals surface area contributed by atoms with E-state index in [1.54, 1.807) is 12.3 Å². The van der Waals surface area contributed by atoms with Gasteiger partial charge in [-0.2, -0.15) is 0 Å². The summed E-state index contributed by atoms with van der Waals surface area (Å²) in [6.45, 7) is 1.17. The van der Waals surface area contributed by atoms with E-state index in [0.717, 1.165) is 18.5 Å². The number of aromatic nitrogens is 1. The zero-order chi connectivity index (χ0) is 14.8. The number of nitrogens with zero attached hydrogens (tertiary/aromatic N) is 2. The molecule has 1 aliphatic rings. The summed E-state index contributed by atoms with van der Waals surface area (Å²) in [5, 5.41) is 9.80. The lowest BCUT2D eigenvalue weighted by Gasteiger charge is -2.18. The molecular formula is C15H15ClN2O3. The van der Waals surface area contributed by atoms with E-state index in [2.05, 4.69) is 4.98 Å². The second kappa shape index (κ2) is 5.87. The molecule has 0 spiro atoms. The number of aliphatic carboxylic acids is 1. The van der Waals surface area contributed by atoms with Gasteiger partial charge in [0.2, 0.25) is 5.89 Å². The number of carboxylic acids is 1. The van der Waals surface area contributed by atoms with Crippen LogP contribution in [0.1, 0.15) is 18.7 Å². The van der Waals surface area contributed by atoms with Crippen LogP contribution in [0, 0.1) is 0 Å². The van der Waals surface area contributed by atoms with Crippen LogP contribution in [-0.2, 0) is 11.3 Å². The van der Waals surface area contributed by atoms with Gasteiger partial charge in [0.05, 0.1) is 12.7 Å². The molecule has 5 nitrogen and oxygen atoms in total. The molecule has 0 aliphatic carbocycles. The number of likely N-dealkylation sites (tertiary alicyclic amines) is 1.